The monoisotopic (exact) mass is 237 g/mol. The van der Waals surface area contributed by atoms with Crippen molar-refractivity contribution in [3.63, 3.8) is 0 Å². The lowest BCUT2D eigenvalue weighted by Crippen LogP contribution is -2.36. The molecule has 1 unspecified atom stereocenters. The molecular formula is C14H20ClN. The molecule has 1 saturated heterocycles. The van der Waals surface area contributed by atoms with Crippen molar-refractivity contribution in [3.05, 3.63) is 34.3 Å². The summed E-state index contributed by atoms with van der Waals surface area (Å²) in [7, 11) is 0. The fourth-order valence-electron chi connectivity index (χ4n) is 2.73. The van der Waals surface area contributed by atoms with E-state index in [9.17, 15) is 0 Å². The highest BCUT2D eigenvalue weighted by molar-refractivity contribution is 6.31. The van der Waals surface area contributed by atoms with Gasteiger partial charge in [-0.3, -0.25) is 0 Å². The predicted octanol–water partition coefficient (Wildman–Crippen LogP) is 4.03. The van der Waals surface area contributed by atoms with E-state index in [0.29, 0.717) is 0 Å². The molecule has 0 amide bonds. The average molecular weight is 238 g/mol. The van der Waals surface area contributed by atoms with Crippen LogP contribution in [0.3, 0.4) is 0 Å². The molecule has 1 fully saturated rings. The zero-order valence-electron chi connectivity index (χ0n) is 10.1. The topological polar surface area (TPSA) is 12.0 Å². The van der Waals surface area contributed by atoms with E-state index in [0.717, 1.165) is 17.1 Å². The fourth-order valence-corrected chi connectivity index (χ4v) is 2.91. The first-order valence-electron chi connectivity index (χ1n) is 6.19. The third-order valence-electron chi connectivity index (χ3n) is 3.64. The minimum atomic E-state index is 0.187. The van der Waals surface area contributed by atoms with Gasteiger partial charge in [0.1, 0.15) is 0 Å². The zero-order valence-corrected chi connectivity index (χ0v) is 10.9. The number of nitrogens with one attached hydrogen (secondary N) is 1. The number of hydrogen-bond acceptors (Lipinski definition) is 1. The van der Waals surface area contributed by atoms with Crippen LogP contribution in [0.4, 0.5) is 0 Å². The SMILES string of the molecule is CCCC1(c2ccc(C)c(Cl)c2)CCCN1. The van der Waals surface area contributed by atoms with Crippen LogP contribution < -0.4 is 5.32 Å². The van der Waals surface area contributed by atoms with E-state index in [1.165, 1.54) is 31.2 Å². The van der Waals surface area contributed by atoms with Crippen molar-refractivity contribution in [2.45, 2.75) is 45.1 Å². The molecule has 0 saturated carbocycles. The Bertz CT molecular complexity index is 367. The van der Waals surface area contributed by atoms with Crippen LogP contribution in [0.1, 0.15) is 43.7 Å². The van der Waals surface area contributed by atoms with E-state index in [1.807, 2.05) is 0 Å². The van der Waals surface area contributed by atoms with Crippen LogP contribution in [0, 0.1) is 6.92 Å². The summed E-state index contributed by atoms with van der Waals surface area (Å²) in [6.45, 7) is 5.43. The third-order valence-corrected chi connectivity index (χ3v) is 4.05. The lowest BCUT2D eigenvalue weighted by molar-refractivity contribution is 0.356. The number of rotatable bonds is 3. The standard InChI is InChI=1S/C14H20ClN/c1-3-7-14(8-4-9-16-14)12-6-5-11(2)13(15)10-12/h5-6,10,16H,3-4,7-9H2,1-2H3. The second kappa shape index (κ2) is 4.77. The molecule has 88 valence electrons. The fraction of sp³-hybridized carbons (Fsp3) is 0.571. The van der Waals surface area contributed by atoms with E-state index in [-0.39, 0.29) is 5.54 Å². The number of aryl methyl sites for hydroxylation is 1. The summed E-state index contributed by atoms with van der Waals surface area (Å²) in [5, 5.41) is 4.57. The second-order valence-corrected chi connectivity index (χ2v) is 5.23. The minimum Gasteiger partial charge on any atom is -0.307 e. The number of hydrogen-bond donors (Lipinski definition) is 1. The van der Waals surface area contributed by atoms with Crippen LogP contribution >= 0.6 is 11.6 Å². The molecule has 1 aromatic carbocycles. The lowest BCUT2D eigenvalue weighted by Gasteiger charge is -2.30. The van der Waals surface area contributed by atoms with E-state index >= 15 is 0 Å². The Morgan fingerprint density at radius 3 is 2.81 bits per heavy atom. The van der Waals surface area contributed by atoms with Gasteiger partial charge in [-0.25, -0.2) is 0 Å². The molecule has 1 N–H and O–H groups in total. The van der Waals surface area contributed by atoms with E-state index < -0.39 is 0 Å². The predicted molar refractivity (Wildman–Crippen MR) is 70.0 cm³/mol. The van der Waals surface area contributed by atoms with Gasteiger partial charge in [0.25, 0.3) is 0 Å². The Balaban J connectivity index is 2.35. The highest BCUT2D eigenvalue weighted by Gasteiger charge is 2.34. The highest BCUT2D eigenvalue weighted by Crippen LogP contribution is 2.36. The molecule has 0 aromatic heterocycles. The number of halogens is 1. The summed E-state index contributed by atoms with van der Waals surface area (Å²) in [6.07, 6.45) is 4.91. The van der Waals surface area contributed by atoms with Crippen LogP contribution in [0.2, 0.25) is 5.02 Å². The van der Waals surface area contributed by atoms with Gasteiger partial charge in [0.05, 0.1) is 0 Å². The van der Waals surface area contributed by atoms with Crippen molar-refractivity contribution in [2.24, 2.45) is 0 Å². The molecule has 1 aliphatic heterocycles. The zero-order chi connectivity index (χ0) is 11.6. The Labute approximate surface area is 103 Å². The van der Waals surface area contributed by atoms with Crippen LogP contribution in [-0.4, -0.2) is 6.54 Å². The molecule has 2 rings (SSSR count). The van der Waals surface area contributed by atoms with Crippen molar-refractivity contribution in [2.75, 3.05) is 6.54 Å². The first-order valence-corrected chi connectivity index (χ1v) is 6.57. The Hall–Kier alpha value is -0.530. The van der Waals surface area contributed by atoms with Crippen LogP contribution in [0.25, 0.3) is 0 Å². The van der Waals surface area contributed by atoms with Crippen LogP contribution in [-0.2, 0) is 5.54 Å². The second-order valence-electron chi connectivity index (χ2n) is 4.83. The largest absolute Gasteiger partial charge is 0.307 e. The molecule has 1 atom stereocenters. The van der Waals surface area contributed by atoms with Gasteiger partial charge in [0.2, 0.25) is 0 Å². The van der Waals surface area contributed by atoms with Gasteiger partial charge in [-0.1, -0.05) is 37.1 Å². The molecular weight excluding hydrogens is 218 g/mol. The maximum atomic E-state index is 6.23. The summed E-state index contributed by atoms with van der Waals surface area (Å²) in [6, 6.07) is 6.51. The van der Waals surface area contributed by atoms with Crippen LogP contribution in [0.5, 0.6) is 0 Å². The maximum absolute atomic E-state index is 6.23. The molecule has 0 aliphatic carbocycles. The molecule has 1 heterocycles. The van der Waals surface area contributed by atoms with E-state index in [2.05, 4.69) is 37.4 Å². The molecule has 0 radical (unpaired) electrons. The highest BCUT2D eigenvalue weighted by atomic mass is 35.5. The van der Waals surface area contributed by atoms with Gasteiger partial charge >= 0.3 is 0 Å². The first-order chi connectivity index (χ1) is 7.68. The molecule has 1 aliphatic rings. The van der Waals surface area contributed by atoms with Crippen molar-refractivity contribution in [3.8, 4) is 0 Å². The minimum absolute atomic E-state index is 0.187. The summed E-state index contributed by atoms with van der Waals surface area (Å²) in [4.78, 5) is 0. The van der Waals surface area contributed by atoms with Gasteiger partial charge in [-0.15, -0.1) is 0 Å². The smallest absolute Gasteiger partial charge is 0.0438 e. The van der Waals surface area contributed by atoms with Crippen molar-refractivity contribution < 1.29 is 0 Å². The average Bonchev–Trinajstić information content (AvgIpc) is 2.72. The van der Waals surface area contributed by atoms with E-state index in [4.69, 9.17) is 11.6 Å². The maximum Gasteiger partial charge on any atom is 0.0438 e. The molecule has 0 bridgehead atoms. The summed E-state index contributed by atoms with van der Waals surface area (Å²) >= 11 is 6.23. The Morgan fingerprint density at radius 2 is 2.25 bits per heavy atom. The van der Waals surface area contributed by atoms with Gasteiger partial charge in [-0.2, -0.15) is 0 Å². The normalized spacial score (nSPS) is 24.9. The van der Waals surface area contributed by atoms with Crippen molar-refractivity contribution >= 4 is 11.6 Å². The molecule has 0 spiro atoms. The summed E-state index contributed by atoms with van der Waals surface area (Å²) in [5.41, 5.74) is 2.71. The van der Waals surface area contributed by atoms with Gasteiger partial charge in [-0.05, 0) is 49.9 Å². The van der Waals surface area contributed by atoms with Crippen LogP contribution in [0.15, 0.2) is 18.2 Å². The molecule has 16 heavy (non-hydrogen) atoms. The van der Waals surface area contributed by atoms with Crippen molar-refractivity contribution in [1.29, 1.82) is 0 Å². The lowest BCUT2D eigenvalue weighted by atomic mass is 9.84. The summed E-state index contributed by atoms with van der Waals surface area (Å²) < 4.78 is 0. The van der Waals surface area contributed by atoms with Gasteiger partial charge in [0, 0.05) is 10.6 Å². The third kappa shape index (κ3) is 2.11. The van der Waals surface area contributed by atoms with Crippen molar-refractivity contribution in [1.82, 2.24) is 5.32 Å². The van der Waals surface area contributed by atoms with E-state index in [1.54, 1.807) is 0 Å². The van der Waals surface area contributed by atoms with Gasteiger partial charge < -0.3 is 5.32 Å². The number of benzene rings is 1. The quantitative estimate of drug-likeness (QED) is 0.837. The first kappa shape index (κ1) is 11.9. The molecule has 2 heteroatoms. The van der Waals surface area contributed by atoms with Gasteiger partial charge in [0.15, 0.2) is 0 Å². The molecule has 1 nitrogen and oxygen atoms in total. The molecule has 1 aromatic rings. The Kier molecular flexibility index (Phi) is 3.56. The summed E-state index contributed by atoms with van der Waals surface area (Å²) in [5.74, 6) is 0. The Morgan fingerprint density at radius 1 is 1.44 bits per heavy atom.